The van der Waals surface area contributed by atoms with Gasteiger partial charge in [0.05, 0.1) is 11.3 Å². The Kier molecular flexibility index (Phi) is 6.61. The molecule has 0 unspecified atom stereocenters. The maximum atomic E-state index is 13.1. The molecule has 0 saturated heterocycles. The highest BCUT2D eigenvalue weighted by Crippen LogP contribution is 2.44. The van der Waals surface area contributed by atoms with Crippen molar-refractivity contribution >= 4 is 17.8 Å². The number of aromatic hydroxyl groups is 1. The summed E-state index contributed by atoms with van der Waals surface area (Å²) >= 11 is 5.94. The van der Waals surface area contributed by atoms with Crippen molar-refractivity contribution in [1.82, 2.24) is 10.2 Å². The normalized spacial score (nSPS) is 11.8. The van der Waals surface area contributed by atoms with E-state index >= 15 is 0 Å². The minimum absolute atomic E-state index is 0.0402. The molecule has 34 heavy (non-hydrogen) atoms. The number of aromatic amines is 1. The summed E-state index contributed by atoms with van der Waals surface area (Å²) in [6.45, 7) is 0.194. The van der Waals surface area contributed by atoms with E-state index in [1.807, 2.05) is 23.3 Å². The zero-order chi connectivity index (χ0) is 24.3. The first-order chi connectivity index (χ1) is 16.3. The number of hydrogen-bond donors (Lipinski definition) is 2. The molecular weight excluding hydrogens is 467 g/mol. The second-order valence-electron chi connectivity index (χ2n) is 7.43. The molecule has 0 amide bonds. The second kappa shape index (κ2) is 9.61. The first-order valence-electron chi connectivity index (χ1n) is 10.1. The summed E-state index contributed by atoms with van der Waals surface area (Å²) in [5.74, 6) is 0.104. The summed E-state index contributed by atoms with van der Waals surface area (Å²) in [7, 11) is 1.64. The number of benzene rings is 3. The summed E-state index contributed by atoms with van der Waals surface area (Å²) < 4.78 is 45.2. The van der Waals surface area contributed by atoms with E-state index in [4.69, 9.17) is 16.3 Å². The Hall–Kier alpha value is -3.78. The molecule has 1 aromatic heterocycles. The summed E-state index contributed by atoms with van der Waals surface area (Å²) in [5.41, 5.74) is 1.66. The van der Waals surface area contributed by atoms with Crippen LogP contribution in [0.25, 0.3) is 22.4 Å². The van der Waals surface area contributed by atoms with E-state index in [9.17, 15) is 18.3 Å². The van der Waals surface area contributed by atoms with E-state index in [1.165, 1.54) is 6.07 Å². The number of H-pyrrole nitrogens is 1. The first-order valence-corrected chi connectivity index (χ1v) is 10.5. The molecule has 4 rings (SSSR count). The summed E-state index contributed by atoms with van der Waals surface area (Å²) in [5, 5.41) is 17.5. The molecule has 0 aliphatic heterocycles. The standard InChI is InChI=1S/C25H19ClF3N3O2/c1-30-13-16-3-2-4-17(11-16)23-21(34-14-15-5-7-18(26)8-6-15)10-9-19(24(23)33)20-12-22(32-31-20)25(27,28)29/h2-13,33H,14H2,1H3,(H,31,32). The minimum atomic E-state index is -4.58. The van der Waals surface area contributed by atoms with Crippen LogP contribution in [0.15, 0.2) is 71.7 Å². The van der Waals surface area contributed by atoms with E-state index in [1.54, 1.807) is 49.7 Å². The number of halogens is 4. The van der Waals surface area contributed by atoms with Gasteiger partial charge in [-0.2, -0.15) is 18.3 Å². The molecule has 2 N–H and O–H groups in total. The lowest BCUT2D eigenvalue weighted by Gasteiger charge is -2.16. The maximum absolute atomic E-state index is 13.1. The summed E-state index contributed by atoms with van der Waals surface area (Å²) in [6.07, 6.45) is -2.93. The number of rotatable bonds is 6. The third kappa shape index (κ3) is 5.07. The van der Waals surface area contributed by atoms with Crippen LogP contribution in [-0.4, -0.2) is 28.6 Å². The van der Waals surface area contributed by atoms with Crippen LogP contribution in [0, 0.1) is 0 Å². The zero-order valence-corrected chi connectivity index (χ0v) is 18.7. The monoisotopic (exact) mass is 485 g/mol. The van der Waals surface area contributed by atoms with E-state index < -0.39 is 11.9 Å². The number of ether oxygens (including phenoxy) is 1. The highest BCUT2D eigenvalue weighted by Gasteiger charge is 2.33. The molecule has 5 nitrogen and oxygen atoms in total. The predicted molar refractivity (Wildman–Crippen MR) is 125 cm³/mol. The Morgan fingerprint density at radius 2 is 1.85 bits per heavy atom. The van der Waals surface area contributed by atoms with Crippen LogP contribution in [-0.2, 0) is 12.8 Å². The molecule has 0 spiro atoms. The van der Waals surface area contributed by atoms with Crippen LogP contribution < -0.4 is 4.74 Å². The van der Waals surface area contributed by atoms with Crippen LogP contribution in [0.1, 0.15) is 16.8 Å². The molecule has 174 valence electrons. The fourth-order valence-corrected chi connectivity index (χ4v) is 3.57. The lowest BCUT2D eigenvalue weighted by atomic mass is 9.97. The summed E-state index contributed by atoms with van der Waals surface area (Å²) in [4.78, 5) is 4.01. The number of hydrogen-bond acceptors (Lipinski definition) is 4. The van der Waals surface area contributed by atoms with Crippen LogP contribution >= 0.6 is 11.6 Å². The van der Waals surface area contributed by atoms with Crippen LogP contribution in [0.4, 0.5) is 13.2 Å². The van der Waals surface area contributed by atoms with Gasteiger partial charge in [-0.05, 0) is 53.1 Å². The van der Waals surface area contributed by atoms with Crippen molar-refractivity contribution in [2.75, 3.05) is 7.05 Å². The highest BCUT2D eigenvalue weighted by molar-refractivity contribution is 6.30. The number of nitrogens with zero attached hydrogens (tertiary/aromatic N) is 2. The van der Waals surface area contributed by atoms with Gasteiger partial charge >= 0.3 is 6.18 Å². The van der Waals surface area contributed by atoms with Crippen molar-refractivity contribution < 1.29 is 23.0 Å². The van der Waals surface area contributed by atoms with Gasteiger partial charge in [0.15, 0.2) is 0 Å². The van der Waals surface area contributed by atoms with Gasteiger partial charge in [0.2, 0.25) is 0 Å². The van der Waals surface area contributed by atoms with E-state index in [2.05, 4.69) is 10.1 Å². The third-order valence-corrected chi connectivity index (χ3v) is 5.31. The largest absolute Gasteiger partial charge is 0.506 e. The van der Waals surface area contributed by atoms with Crippen molar-refractivity contribution in [3.63, 3.8) is 0 Å². The van der Waals surface area contributed by atoms with Crippen molar-refractivity contribution in [3.05, 3.63) is 88.6 Å². The lowest BCUT2D eigenvalue weighted by molar-refractivity contribution is -0.141. The maximum Gasteiger partial charge on any atom is 0.432 e. The first kappa shape index (κ1) is 23.4. The van der Waals surface area contributed by atoms with Crippen LogP contribution in [0.5, 0.6) is 11.5 Å². The molecule has 0 aliphatic carbocycles. The number of aromatic nitrogens is 2. The van der Waals surface area contributed by atoms with Crippen LogP contribution in [0.2, 0.25) is 5.02 Å². The zero-order valence-electron chi connectivity index (χ0n) is 17.9. The molecule has 0 fully saturated rings. The van der Waals surface area contributed by atoms with Crippen molar-refractivity contribution in [2.24, 2.45) is 4.99 Å². The fourth-order valence-electron chi connectivity index (χ4n) is 3.45. The van der Waals surface area contributed by atoms with Crippen molar-refractivity contribution in [2.45, 2.75) is 12.8 Å². The van der Waals surface area contributed by atoms with E-state index in [0.29, 0.717) is 21.9 Å². The van der Waals surface area contributed by atoms with Gasteiger partial charge in [0.25, 0.3) is 0 Å². The second-order valence-corrected chi connectivity index (χ2v) is 7.86. The molecular formula is C25H19ClF3N3O2. The van der Waals surface area contributed by atoms with Gasteiger partial charge in [-0.1, -0.05) is 41.9 Å². The third-order valence-electron chi connectivity index (χ3n) is 5.06. The Balaban J connectivity index is 1.79. The molecule has 1 heterocycles. The number of phenolic OH excluding ortho intramolecular Hbond substituents is 1. The van der Waals surface area contributed by atoms with Crippen LogP contribution in [0.3, 0.4) is 0 Å². The Labute approximate surface area is 198 Å². The molecule has 9 heteroatoms. The van der Waals surface area contributed by atoms with Gasteiger partial charge in [0.1, 0.15) is 23.8 Å². The SMILES string of the molecule is CN=Cc1cccc(-c2c(OCc3ccc(Cl)cc3)ccc(-c3cc(C(F)(F)F)[nH]n3)c2O)c1. The van der Waals surface area contributed by atoms with Gasteiger partial charge in [-0.15, -0.1) is 0 Å². The molecule has 3 aromatic carbocycles. The Morgan fingerprint density at radius 1 is 1.09 bits per heavy atom. The topological polar surface area (TPSA) is 70.5 Å². The molecule has 0 radical (unpaired) electrons. The summed E-state index contributed by atoms with van der Waals surface area (Å²) in [6, 6.07) is 18.2. The average molecular weight is 486 g/mol. The van der Waals surface area contributed by atoms with Gasteiger partial charge in [-0.3, -0.25) is 10.1 Å². The molecule has 0 atom stereocenters. The number of alkyl halides is 3. The van der Waals surface area contributed by atoms with Crippen molar-refractivity contribution in [1.29, 1.82) is 0 Å². The highest BCUT2D eigenvalue weighted by atomic mass is 35.5. The van der Waals surface area contributed by atoms with E-state index in [0.717, 1.165) is 17.2 Å². The predicted octanol–water partition coefficient (Wildman–Crippen LogP) is 6.75. The smallest absolute Gasteiger partial charge is 0.432 e. The molecule has 0 bridgehead atoms. The van der Waals surface area contributed by atoms with Gasteiger partial charge in [0, 0.05) is 23.8 Å². The number of aliphatic imine (C=N–C) groups is 1. The Morgan fingerprint density at radius 3 is 2.53 bits per heavy atom. The number of nitrogens with one attached hydrogen (secondary N) is 1. The molecule has 0 aliphatic rings. The van der Waals surface area contributed by atoms with Crippen molar-refractivity contribution in [3.8, 4) is 33.9 Å². The van der Waals surface area contributed by atoms with E-state index in [-0.39, 0.29) is 23.6 Å². The van der Waals surface area contributed by atoms with Gasteiger partial charge in [-0.25, -0.2) is 0 Å². The molecule has 0 saturated carbocycles. The number of phenols is 1. The lowest BCUT2D eigenvalue weighted by Crippen LogP contribution is -2.04. The Bertz CT molecular complexity index is 1330. The fraction of sp³-hybridized carbons (Fsp3) is 0.120. The van der Waals surface area contributed by atoms with Gasteiger partial charge < -0.3 is 9.84 Å². The molecule has 4 aromatic rings. The average Bonchev–Trinajstić information content (AvgIpc) is 3.30. The minimum Gasteiger partial charge on any atom is -0.506 e. The quantitative estimate of drug-likeness (QED) is 0.297.